The minimum atomic E-state index is -0.170. The summed E-state index contributed by atoms with van der Waals surface area (Å²) in [5.41, 5.74) is 4.44. The summed E-state index contributed by atoms with van der Waals surface area (Å²) in [7, 11) is -0.170. The van der Waals surface area contributed by atoms with E-state index in [0.29, 0.717) is 0 Å². The smallest absolute Gasteiger partial charge is 0.129 e. The van der Waals surface area contributed by atoms with Crippen LogP contribution in [-0.2, 0) is 0 Å². The second-order valence-corrected chi connectivity index (χ2v) is 3.60. The van der Waals surface area contributed by atoms with Crippen LogP contribution in [0.3, 0.4) is 0 Å². The van der Waals surface area contributed by atoms with Crippen molar-refractivity contribution < 1.29 is 0 Å². The van der Waals surface area contributed by atoms with Gasteiger partial charge in [0.15, 0.2) is 0 Å². The summed E-state index contributed by atoms with van der Waals surface area (Å²) in [5, 5.41) is 1.48. The quantitative estimate of drug-likeness (QED) is 0.337. The van der Waals surface area contributed by atoms with Crippen LogP contribution in [-0.4, -0.2) is 9.52 Å². The van der Waals surface area contributed by atoms with E-state index in [1.165, 1.54) is 10.8 Å². The zero-order valence-electron chi connectivity index (χ0n) is 5.02. The third kappa shape index (κ3) is 0.683. The summed E-state index contributed by atoms with van der Waals surface area (Å²) in [6.07, 6.45) is 0. The molecule has 0 radical (unpaired) electrons. The molecule has 42 valence electrons. The molecule has 1 heterocycles. The number of benzene rings is 1. The second kappa shape index (κ2) is 1.75. The lowest BCUT2D eigenvalue weighted by molar-refractivity contribution is 1.72. The minimum Gasteiger partial charge on any atom is -0.129 e. The Hall–Kier alpha value is -1.00. The molecule has 0 amide bonds. The number of fused-ring (bicyclic) bond motifs is 1. The van der Waals surface area contributed by atoms with Crippen LogP contribution in [0.4, 0.5) is 0 Å². The summed E-state index contributed by atoms with van der Waals surface area (Å²) in [6.45, 7) is 0. The van der Waals surface area contributed by atoms with Crippen molar-refractivity contribution in [1.29, 1.82) is 0 Å². The van der Waals surface area contributed by atoms with Crippen LogP contribution in [0.5, 0.6) is 0 Å². The fourth-order valence-electron chi connectivity index (χ4n) is 1.03. The van der Waals surface area contributed by atoms with Crippen molar-refractivity contribution in [3.63, 3.8) is 0 Å². The predicted molar refractivity (Wildman–Crippen MR) is 41.5 cm³/mol. The van der Waals surface area contributed by atoms with Crippen molar-refractivity contribution in [3.05, 3.63) is 29.8 Å². The Morgan fingerprint density at radius 1 is 1.22 bits per heavy atom. The molecule has 0 bridgehead atoms. The van der Waals surface area contributed by atoms with E-state index in [0.717, 1.165) is 0 Å². The van der Waals surface area contributed by atoms with E-state index in [1.807, 2.05) is 6.07 Å². The third-order valence-electron chi connectivity index (χ3n) is 1.52. The Kier molecular flexibility index (Phi) is 0.940. The van der Waals surface area contributed by atoms with E-state index in [-0.39, 0.29) is 9.52 Å². The molecule has 1 heteroatoms. The Labute approximate surface area is 56.7 Å². The molecule has 1 aromatic carbocycles. The lowest BCUT2D eigenvalue weighted by Gasteiger charge is -1.91. The molecule has 0 saturated heterocycles. The van der Waals surface area contributed by atoms with Gasteiger partial charge in [-0.2, -0.15) is 0 Å². The van der Waals surface area contributed by atoms with Gasteiger partial charge in [0.25, 0.3) is 0 Å². The molecule has 0 fully saturated rings. The van der Waals surface area contributed by atoms with Crippen LogP contribution in [0.2, 0.25) is 0 Å². The van der Waals surface area contributed by atoms with Crippen LogP contribution in [0.1, 0.15) is 5.56 Å². The standard InChI is InChI=1S/C8H6Si/c1-2-4-8-7(3-1)5-6-9-8/h1-4H,9H2. The van der Waals surface area contributed by atoms with Gasteiger partial charge < -0.3 is 0 Å². The molecule has 0 N–H and O–H groups in total. The molecule has 0 aromatic heterocycles. The van der Waals surface area contributed by atoms with Crippen molar-refractivity contribution in [2.24, 2.45) is 0 Å². The zero-order chi connectivity index (χ0) is 6.10. The average Bonchev–Trinajstić information content (AvgIpc) is 2.33. The first-order valence-corrected chi connectivity index (χ1v) is 4.45. The first-order chi connectivity index (χ1) is 4.47. The van der Waals surface area contributed by atoms with E-state index in [9.17, 15) is 0 Å². The van der Waals surface area contributed by atoms with Gasteiger partial charge in [-0.3, -0.25) is 0 Å². The second-order valence-electron chi connectivity index (χ2n) is 2.14. The highest BCUT2D eigenvalue weighted by atomic mass is 28.2. The Balaban J connectivity index is 2.66. The van der Waals surface area contributed by atoms with Gasteiger partial charge in [0.05, 0.1) is 0 Å². The van der Waals surface area contributed by atoms with Gasteiger partial charge in [-0.15, -0.1) is 5.54 Å². The number of hydrogen-bond donors (Lipinski definition) is 0. The molecule has 1 aromatic rings. The largest absolute Gasteiger partial charge is 0.139 e. The molecule has 0 aliphatic carbocycles. The zero-order valence-corrected chi connectivity index (χ0v) is 6.43. The van der Waals surface area contributed by atoms with E-state index in [2.05, 4.69) is 29.7 Å². The number of hydrogen-bond acceptors (Lipinski definition) is 0. The molecule has 0 nitrogen and oxygen atoms in total. The summed E-state index contributed by atoms with van der Waals surface area (Å²) < 4.78 is 0. The lowest BCUT2D eigenvalue weighted by Crippen LogP contribution is -2.10. The Morgan fingerprint density at radius 3 is 3.00 bits per heavy atom. The van der Waals surface area contributed by atoms with Crippen LogP contribution >= 0.6 is 0 Å². The monoisotopic (exact) mass is 130 g/mol. The minimum absolute atomic E-state index is 0.170. The molecule has 0 saturated carbocycles. The van der Waals surface area contributed by atoms with Gasteiger partial charge >= 0.3 is 0 Å². The molecule has 2 rings (SSSR count). The van der Waals surface area contributed by atoms with Crippen molar-refractivity contribution in [2.75, 3.05) is 0 Å². The lowest BCUT2D eigenvalue weighted by atomic mass is 10.2. The maximum atomic E-state index is 3.18. The van der Waals surface area contributed by atoms with Crippen LogP contribution in [0, 0.1) is 11.5 Å². The molecular formula is C8H6Si. The maximum absolute atomic E-state index is 3.18. The fourth-order valence-corrected chi connectivity index (χ4v) is 2.15. The van der Waals surface area contributed by atoms with Crippen molar-refractivity contribution >= 4 is 14.7 Å². The highest BCUT2D eigenvalue weighted by molar-refractivity contribution is 6.64. The van der Waals surface area contributed by atoms with E-state index in [4.69, 9.17) is 0 Å². The average molecular weight is 130 g/mol. The van der Waals surface area contributed by atoms with Crippen LogP contribution in [0.25, 0.3) is 0 Å². The van der Waals surface area contributed by atoms with Crippen molar-refractivity contribution in [1.82, 2.24) is 0 Å². The molecule has 0 atom stereocenters. The Morgan fingerprint density at radius 2 is 2.11 bits per heavy atom. The summed E-state index contributed by atoms with van der Waals surface area (Å²) >= 11 is 0. The van der Waals surface area contributed by atoms with E-state index >= 15 is 0 Å². The third-order valence-corrected chi connectivity index (χ3v) is 2.87. The predicted octanol–water partition coefficient (Wildman–Crippen LogP) is -0.197. The van der Waals surface area contributed by atoms with Gasteiger partial charge in [-0.1, -0.05) is 24.1 Å². The fraction of sp³-hybridized carbons (Fsp3) is 0. The molecule has 0 spiro atoms. The normalized spacial score (nSPS) is 14.7. The maximum Gasteiger partial charge on any atom is 0.139 e. The van der Waals surface area contributed by atoms with Crippen molar-refractivity contribution in [3.8, 4) is 11.5 Å². The van der Waals surface area contributed by atoms with Gasteiger partial charge in [-0.25, -0.2) is 0 Å². The molecular weight excluding hydrogens is 124 g/mol. The summed E-state index contributed by atoms with van der Waals surface area (Å²) in [4.78, 5) is 0. The molecule has 9 heavy (non-hydrogen) atoms. The Bertz CT molecular complexity index is 291. The summed E-state index contributed by atoms with van der Waals surface area (Å²) in [5.74, 6) is 3.11. The number of rotatable bonds is 0. The topological polar surface area (TPSA) is 0 Å². The molecule has 0 unspecified atom stereocenters. The summed E-state index contributed by atoms with van der Waals surface area (Å²) in [6, 6.07) is 8.41. The van der Waals surface area contributed by atoms with Gasteiger partial charge in [0.2, 0.25) is 0 Å². The highest BCUT2D eigenvalue weighted by Gasteiger charge is 2.00. The first kappa shape index (κ1) is 4.84. The SMILES string of the molecule is C1#Cc2ccccc2[SiH2]1. The highest BCUT2D eigenvalue weighted by Crippen LogP contribution is 1.95. The molecule has 1 aliphatic rings. The van der Waals surface area contributed by atoms with Crippen LogP contribution in [0.15, 0.2) is 24.3 Å². The van der Waals surface area contributed by atoms with E-state index in [1.54, 1.807) is 0 Å². The first-order valence-electron chi connectivity index (χ1n) is 3.03. The molecule has 1 aliphatic heterocycles. The van der Waals surface area contributed by atoms with Crippen LogP contribution < -0.4 is 5.19 Å². The van der Waals surface area contributed by atoms with Crippen molar-refractivity contribution in [2.45, 2.75) is 0 Å². The van der Waals surface area contributed by atoms with Gasteiger partial charge in [0, 0.05) is 5.56 Å². The van der Waals surface area contributed by atoms with E-state index < -0.39 is 0 Å². The van der Waals surface area contributed by atoms with Gasteiger partial charge in [-0.05, 0) is 11.3 Å². The van der Waals surface area contributed by atoms with Gasteiger partial charge in [0.1, 0.15) is 9.52 Å².